The molecule has 0 amide bonds. The van der Waals surface area contributed by atoms with E-state index in [1.807, 2.05) is 12.1 Å². The normalized spacial score (nSPS) is 18.0. The summed E-state index contributed by atoms with van der Waals surface area (Å²) in [5.74, 6) is 0.253. The van der Waals surface area contributed by atoms with Crippen molar-refractivity contribution >= 4 is 26.4 Å². The fraction of sp³-hybridized carbons (Fsp3) is 0.500. The molecular formula is C16H23N3O2S. The van der Waals surface area contributed by atoms with Crippen molar-refractivity contribution < 1.29 is 8.42 Å². The number of nitrogens with zero attached hydrogens (tertiary/aromatic N) is 2. The summed E-state index contributed by atoms with van der Waals surface area (Å²) < 4.78 is 24.9. The fourth-order valence-electron chi connectivity index (χ4n) is 3.22. The van der Waals surface area contributed by atoms with Gasteiger partial charge in [-0.25, -0.2) is 8.42 Å². The zero-order valence-electron chi connectivity index (χ0n) is 12.9. The van der Waals surface area contributed by atoms with Crippen LogP contribution in [0.2, 0.25) is 0 Å². The molecule has 6 heteroatoms. The van der Waals surface area contributed by atoms with Crippen LogP contribution in [0, 0.1) is 0 Å². The smallest absolute Gasteiger partial charge is 0.148 e. The third-order valence-corrected chi connectivity index (χ3v) is 5.40. The molecule has 5 nitrogen and oxygen atoms in total. The third kappa shape index (κ3) is 3.44. The maximum atomic E-state index is 11.3. The van der Waals surface area contributed by atoms with Gasteiger partial charge >= 0.3 is 0 Å². The molecule has 1 saturated heterocycles. The van der Waals surface area contributed by atoms with Gasteiger partial charge in [0.1, 0.15) is 9.84 Å². The molecule has 0 bridgehead atoms. The second-order valence-corrected chi connectivity index (χ2v) is 8.50. The summed E-state index contributed by atoms with van der Waals surface area (Å²) in [7, 11) is -2.87. The van der Waals surface area contributed by atoms with Crippen LogP contribution < -0.4 is 5.73 Å². The van der Waals surface area contributed by atoms with Gasteiger partial charge in [0, 0.05) is 54.7 Å². The highest BCUT2D eigenvalue weighted by atomic mass is 32.2. The van der Waals surface area contributed by atoms with E-state index >= 15 is 0 Å². The molecular weight excluding hydrogens is 298 g/mol. The highest BCUT2D eigenvalue weighted by molar-refractivity contribution is 7.90. The molecule has 0 aliphatic carbocycles. The Hall–Kier alpha value is -1.53. The Morgan fingerprint density at radius 2 is 1.95 bits per heavy atom. The van der Waals surface area contributed by atoms with Crippen LogP contribution in [-0.2, 0) is 9.84 Å². The quantitative estimate of drug-likeness (QED) is 0.874. The Morgan fingerprint density at radius 1 is 1.23 bits per heavy atom. The fourth-order valence-corrected chi connectivity index (χ4v) is 3.81. The Balaban J connectivity index is 1.65. The average molecular weight is 321 g/mol. The summed E-state index contributed by atoms with van der Waals surface area (Å²) in [6.45, 7) is 2.55. The Kier molecular flexibility index (Phi) is 4.14. The van der Waals surface area contributed by atoms with Gasteiger partial charge in [0.2, 0.25) is 0 Å². The Labute approximate surface area is 131 Å². The largest absolute Gasteiger partial charge is 0.399 e. The first kappa shape index (κ1) is 15.4. The molecule has 1 aromatic carbocycles. The van der Waals surface area contributed by atoms with Gasteiger partial charge in [-0.1, -0.05) is 0 Å². The van der Waals surface area contributed by atoms with Gasteiger partial charge < -0.3 is 15.2 Å². The number of hydrogen-bond donors (Lipinski definition) is 1. The van der Waals surface area contributed by atoms with Crippen molar-refractivity contribution in [1.82, 2.24) is 9.47 Å². The lowest BCUT2D eigenvalue weighted by Crippen LogP contribution is -2.37. The topological polar surface area (TPSA) is 68.3 Å². The van der Waals surface area contributed by atoms with Crippen molar-refractivity contribution in [3.8, 4) is 0 Å². The van der Waals surface area contributed by atoms with Crippen molar-refractivity contribution in [3.63, 3.8) is 0 Å². The molecule has 1 fully saturated rings. The second kappa shape index (κ2) is 5.93. The maximum absolute atomic E-state index is 11.3. The molecule has 120 valence electrons. The van der Waals surface area contributed by atoms with Gasteiger partial charge in [0.05, 0.1) is 5.75 Å². The molecule has 0 atom stereocenters. The Bertz CT molecular complexity index is 759. The summed E-state index contributed by atoms with van der Waals surface area (Å²) >= 11 is 0. The first-order chi connectivity index (χ1) is 10.4. The van der Waals surface area contributed by atoms with Crippen LogP contribution in [0.5, 0.6) is 0 Å². The first-order valence-electron chi connectivity index (χ1n) is 7.68. The monoisotopic (exact) mass is 321 g/mol. The predicted octanol–water partition coefficient (Wildman–Crippen LogP) is 1.90. The standard InChI is InChI=1S/C16H23N3O2S/c1-22(20,21)11-10-18-7-5-15(6-8-18)19-9-4-13-12-14(17)2-3-16(13)19/h2-4,9,12,15H,5-8,10-11,17H2,1H3. The number of sulfone groups is 1. The van der Waals surface area contributed by atoms with E-state index in [9.17, 15) is 8.42 Å². The summed E-state index contributed by atoms with van der Waals surface area (Å²) in [6.07, 6.45) is 5.55. The number of nitrogen functional groups attached to an aromatic ring is 1. The first-order valence-corrected chi connectivity index (χ1v) is 9.74. The van der Waals surface area contributed by atoms with Gasteiger partial charge in [-0.2, -0.15) is 0 Å². The van der Waals surface area contributed by atoms with E-state index in [1.54, 1.807) is 0 Å². The highest BCUT2D eigenvalue weighted by Crippen LogP contribution is 2.28. The lowest BCUT2D eigenvalue weighted by atomic mass is 10.0. The lowest BCUT2D eigenvalue weighted by molar-refractivity contribution is 0.197. The minimum absolute atomic E-state index is 0.253. The van der Waals surface area contributed by atoms with Crippen molar-refractivity contribution in [3.05, 3.63) is 30.5 Å². The number of piperidine rings is 1. The average Bonchev–Trinajstić information content (AvgIpc) is 2.88. The molecule has 1 aromatic heterocycles. The molecule has 22 heavy (non-hydrogen) atoms. The number of hydrogen-bond acceptors (Lipinski definition) is 4. The number of fused-ring (bicyclic) bond motifs is 1. The van der Waals surface area contributed by atoms with Gasteiger partial charge in [-0.05, 0) is 37.1 Å². The summed E-state index contributed by atoms with van der Waals surface area (Å²) in [4.78, 5) is 2.25. The van der Waals surface area contributed by atoms with E-state index in [-0.39, 0.29) is 5.75 Å². The molecule has 0 unspecified atom stereocenters. The third-order valence-electron chi connectivity index (χ3n) is 4.47. The molecule has 0 spiro atoms. The number of anilines is 1. The van der Waals surface area contributed by atoms with E-state index < -0.39 is 9.84 Å². The molecule has 1 aliphatic heterocycles. The molecule has 2 aromatic rings. The second-order valence-electron chi connectivity index (χ2n) is 6.24. The SMILES string of the molecule is CS(=O)(=O)CCN1CCC(n2ccc3cc(N)ccc32)CC1. The van der Waals surface area contributed by atoms with Crippen LogP contribution in [0.15, 0.2) is 30.5 Å². The maximum Gasteiger partial charge on any atom is 0.148 e. The van der Waals surface area contributed by atoms with Crippen molar-refractivity contribution in [2.24, 2.45) is 0 Å². The van der Waals surface area contributed by atoms with Crippen molar-refractivity contribution in [1.29, 1.82) is 0 Å². The van der Waals surface area contributed by atoms with E-state index in [4.69, 9.17) is 5.73 Å². The Morgan fingerprint density at radius 3 is 2.64 bits per heavy atom. The molecule has 0 radical (unpaired) electrons. The van der Waals surface area contributed by atoms with Crippen LogP contribution in [0.1, 0.15) is 18.9 Å². The van der Waals surface area contributed by atoms with E-state index in [1.165, 1.54) is 17.2 Å². The van der Waals surface area contributed by atoms with Crippen molar-refractivity contribution in [2.75, 3.05) is 37.4 Å². The molecule has 2 N–H and O–H groups in total. The predicted molar refractivity (Wildman–Crippen MR) is 90.8 cm³/mol. The number of aromatic nitrogens is 1. The minimum atomic E-state index is -2.87. The number of benzene rings is 1. The minimum Gasteiger partial charge on any atom is -0.399 e. The summed E-state index contributed by atoms with van der Waals surface area (Å²) in [5.41, 5.74) is 7.85. The highest BCUT2D eigenvalue weighted by Gasteiger charge is 2.21. The lowest BCUT2D eigenvalue weighted by Gasteiger charge is -2.33. The molecule has 3 rings (SSSR count). The van der Waals surface area contributed by atoms with Crippen LogP contribution in [0.4, 0.5) is 5.69 Å². The van der Waals surface area contributed by atoms with Gasteiger partial charge in [-0.15, -0.1) is 0 Å². The number of likely N-dealkylation sites (tertiary alicyclic amines) is 1. The zero-order chi connectivity index (χ0) is 15.7. The van der Waals surface area contributed by atoms with Crippen molar-refractivity contribution in [2.45, 2.75) is 18.9 Å². The van der Waals surface area contributed by atoms with Crippen LogP contribution in [0.3, 0.4) is 0 Å². The molecule has 0 saturated carbocycles. The zero-order valence-corrected chi connectivity index (χ0v) is 13.7. The van der Waals surface area contributed by atoms with Crippen LogP contribution >= 0.6 is 0 Å². The van der Waals surface area contributed by atoms with Gasteiger partial charge in [-0.3, -0.25) is 0 Å². The molecule has 2 heterocycles. The number of rotatable bonds is 4. The number of nitrogens with two attached hydrogens (primary N) is 1. The summed E-state index contributed by atoms with van der Waals surface area (Å²) in [5, 5.41) is 1.18. The summed E-state index contributed by atoms with van der Waals surface area (Å²) in [6, 6.07) is 8.63. The van der Waals surface area contributed by atoms with E-state index in [0.717, 1.165) is 31.6 Å². The van der Waals surface area contributed by atoms with Crippen LogP contribution in [-0.4, -0.2) is 49.5 Å². The van der Waals surface area contributed by atoms with E-state index in [2.05, 4.69) is 27.8 Å². The van der Waals surface area contributed by atoms with E-state index in [0.29, 0.717) is 12.6 Å². The van der Waals surface area contributed by atoms with Gasteiger partial charge in [0.15, 0.2) is 0 Å². The van der Waals surface area contributed by atoms with Crippen LogP contribution in [0.25, 0.3) is 10.9 Å². The van der Waals surface area contributed by atoms with Gasteiger partial charge in [0.25, 0.3) is 0 Å². The molecule has 1 aliphatic rings.